The number of nitrogens with zero attached hydrogens (tertiary/aromatic N) is 1. The fourth-order valence-electron chi connectivity index (χ4n) is 2.01. The van der Waals surface area contributed by atoms with Crippen molar-refractivity contribution in [2.75, 3.05) is 7.11 Å². The third kappa shape index (κ3) is 2.97. The normalized spacial score (nSPS) is 11.4. The van der Waals surface area contributed by atoms with Gasteiger partial charge in [-0.15, -0.1) is 0 Å². The fraction of sp³-hybridized carbons (Fsp3) is 0.188. The highest BCUT2D eigenvalue weighted by Gasteiger charge is 2.10. The summed E-state index contributed by atoms with van der Waals surface area (Å²) in [5.41, 5.74) is 10.0. The Morgan fingerprint density at radius 1 is 1.20 bits per heavy atom. The molecule has 2 aromatic carbocycles. The van der Waals surface area contributed by atoms with Gasteiger partial charge in [0, 0.05) is 17.7 Å². The molecule has 0 aliphatic rings. The highest BCUT2D eigenvalue weighted by Crippen LogP contribution is 2.20. The smallest absolute Gasteiger partial charge is 0.118 e. The zero-order chi connectivity index (χ0) is 14.5. The van der Waals surface area contributed by atoms with E-state index in [1.165, 1.54) is 7.11 Å². The van der Waals surface area contributed by atoms with E-state index in [4.69, 9.17) is 10.6 Å². The number of hydrogen-bond donors (Lipinski definition) is 2. The van der Waals surface area contributed by atoms with Crippen molar-refractivity contribution < 1.29 is 9.94 Å². The lowest BCUT2D eigenvalue weighted by atomic mass is 9.99. The number of rotatable bonds is 4. The second-order valence-electron chi connectivity index (χ2n) is 4.53. The van der Waals surface area contributed by atoms with Gasteiger partial charge in [0.25, 0.3) is 0 Å². The van der Waals surface area contributed by atoms with Gasteiger partial charge in [-0.3, -0.25) is 0 Å². The van der Waals surface area contributed by atoms with Crippen molar-refractivity contribution in [2.45, 2.75) is 13.5 Å². The summed E-state index contributed by atoms with van der Waals surface area (Å²) in [6, 6.07) is 13.2. The lowest BCUT2D eigenvalue weighted by molar-refractivity contribution is 0.214. The number of benzene rings is 2. The van der Waals surface area contributed by atoms with E-state index in [1.54, 1.807) is 6.07 Å². The summed E-state index contributed by atoms with van der Waals surface area (Å²) < 4.78 is 0. The van der Waals surface area contributed by atoms with E-state index in [0.717, 1.165) is 22.3 Å². The molecule has 0 atom stereocenters. The first kappa shape index (κ1) is 14.1. The SMILES string of the molecule is CON=C(c1cccc(CN)c1)c1ccc(O)c(C)c1. The summed E-state index contributed by atoms with van der Waals surface area (Å²) in [4.78, 5) is 4.95. The van der Waals surface area contributed by atoms with Crippen molar-refractivity contribution >= 4 is 5.71 Å². The van der Waals surface area contributed by atoms with Gasteiger partial charge in [-0.2, -0.15) is 0 Å². The van der Waals surface area contributed by atoms with Crippen molar-refractivity contribution in [2.24, 2.45) is 10.9 Å². The predicted octanol–water partition coefficient (Wildman–Crippen LogP) is 2.56. The Bertz CT molecular complexity index is 636. The van der Waals surface area contributed by atoms with Gasteiger partial charge in [-0.05, 0) is 42.3 Å². The zero-order valence-electron chi connectivity index (χ0n) is 11.6. The van der Waals surface area contributed by atoms with E-state index in [0.29, 0.717) is 12.3 Å². The van der Waals surface area contributed by atoms with Crippen LogP contribution >= 0.6 is 0 Å². The molecule has 4 nitrogen and oxygen atoms in total. The molecule has 0 spiro atoms. The quantitative estimate of drug-likeness (QED) is 0.662. The maximum Gasteiger partial charge on any atom is 0.118 e. The molecule has 0 saturated carbocycles. The number of oxime groups is 1. The van der Waals surface area contributed by atoms with E-state index < -0.39 is 0 Å². The third-order valence-corrected chi connectivity index (χ3v) is 3.09. The number of aryl methyl sites for hydroxylation is 1. The van der Waals surface area contributed by atoms with Crippen molar-refractivity contribution in [1.82, 2.24) is 0 Å². The lowest BCUT2D eigenvalue weighted by Crippen LogP contribution is -2.06. The Morgan fingerprint density at radius 3 is 2.60 bits per heavy atom. The van der Waals surface area contributed by atoms with Crippen molar-refractivity contribution in [3.8, 4) is 5.75 Å². The maximum atomic E-state index is 9.62. The molecule has 2 aromatic rings. The van der Waals surface area contributed by atoms with Gasteiger partial charge < -0.3 is 15.7 Å². The number of aromatic hydroxyl groups is 1. The van der Waals surface area contributed by atoms with Gasteiger partial charge in [-0.1, -0.05) is 23.4 Å². The van der Waals surface area contributed by atoms with Crippen LogP contribution in [0.1, 0.15) is 22.3 Å². The first-order valence-corrected chi connectivity index (χ1v) is 6.36. The highest BCUT2D eigenvalue weighted by atomic mass is 16.6. The maximum absolute atomic E-state index is 9.62. The molecule has 0 bridgehead atoms. The van der Waals surface area contributed by atoms with E-state index in [1.807, 2.05) is 43.3 Å². The van der Waals surface area contributed by atoms with Crippen LogP contribution in [0.15, 0.2) is 47.6 Å². The van der Waals surface area contributed by atoms with Gasteiger partial charge in [0.05, 0.1) is 0 Å². The van der Waals surface area contributed by atoms with Crippen molar-refractivity contribution in [1.29, 1.82) is 0 Å². The molecule has 0 aliphatic carbocycles. The lowest BCUT2D eigenvalue weighted by Gasteiger charge is -2.09. The summed E-state index contributed by atoms with van der Waals surface area (Å²) in [5.74, 6) is 0.265. The van der Waals surface area contributed by atoms with Crippen molar-refractivity contribution in [3.63, 3.8) is 0 Å². The molecular formula is C16H18N2O2. The van der Waals surface area contributed by atoms with Crippen molar-refractivity contribution in [3.05, 3.63) is 64.7 Å². The van der Waals surface area contributed by atoms with Crippen LogP contribution < -0.4 is 5.73 Å². The number of hydrogen-bond acceptors (Lipinski definition) is 4. The van der Waals surface area contributed by atoms with E-state index in [2.05, 4.69) is 5.16 Å². The first-order valence-electron chi connectivity index (χ1n) is 6.36. The minimum absolute atomic E-state index is 0.265. The molecule has 0 aromatic heterocycles. The molecule has 3 N–H and O–H groups in total. The Kier molecular flexibility index (Phi) is 4.38. The average Bonchev–Trinajstić information content (AvgIpc) is 2.48. The van der Waals surface area contributed by atoms with Gasteiger partial charge >= 0.3 is 0 Å². The Balaban J connectivity index is 2.50. The number of phenols is 1. The number of phenolic OH excluding ortho intramolecular Hbond substituents is 1. The van der Waals surface area contributed by atoms with E-state index >= 15 is 0 Å². The molecule has 0 heterocycles. The van der Waals surface area contributed by atoms with Crippen LogP contribution in [-0.4, -0.2) is 17.9 Å². The Morgan fingerprint density at radius 2 is 1.95 bits per heavy atom. The first-order chi connectivity index (χ1) is 9.65. The highest BCUT2D eigenvalue weighted by molar-refractivity contribution is 6.12. The monoisotopic (exact) mass is 270 g/mol. The molecule has 0 fully saturated rings. The Labute approximate surface area is 118 Å². The molecule has 4 heteroatoms. The second-order valence-corrected chi connectivity index (χ2v) is 4.53. The van der Waals surface area contributed by atoms with Crippen LogP contribution in [0.4, 0.5) is 0 Å². The average molecular weight is 270 g/mol. The van der Waals surface area contributed by atoms with E-state index in [9.17, 15) is 5.11 Å². The van der Waals surface area contributed by atoms with Gasteiger partial charge in [-0.25, -0.2) is 0 Å². The standard InChI is InChI=1S/C16H18N2O2/c1-11-8-14(6-7-15(11)19)16(18-20-2)13-5-3-4-12(9-13)10-17/h3-9,19H,10,17H2,1-2H3. The summed E-state index contributed by atoms with van der Waals surface area (Å²) in [5, 5.41) is 13.7. The van der Waals surface area contributed by atoms with Crippen LogP contribution in [0, 0.1) is 6.92 Å². The number of nitrogens with two attached hydrogens (primary N) is 1. The van der Waals surface area contributed by atoms with Gasteiger partial charge in [0.2, 0.25) is 0 Å². The summed E-state index contributed by atoms with van der Waals surface area (Å²) in [6.07, 6.45) is 0. The molecule has 2 rings (SSSR count). The molecule has 0 aliphatic heterocycles. The van der Waals surface area contributed by atoms with E-state index in [-0.39, 0.29) is 5.75 Å². The fourth-order valence-corrected chi connectivity index (χ4v) is 2.01. The summed E-state index contributed by atoms with van der Waals surface area (Å²) in [7, 11) is 1.51. The molecule has 20 heavy (non-hydrogen) atoms. The molecule has 104 valence electrons. The summed E-state index contributed by atoms with van der Waals surface area (Å²) >= 11 is 0. The molecular weight excluding hydrogens is 252 g/mol. The Hall–Kier alpha value is -2.33. The molecule has 0 saturated heterocycles. The zero-order valence-corrected chi connectivity index (χ0v) is 11.6. The van der Waals surface area contributed by atoms with Crippen LogP contribution in [0.3, 0.4) is 0 Å². The van der Waals surface area contributed by atoms with Crippen LogP contribution in [0.5, 0.6) is 5.75 Å². The van der Waals surface area contributed by atoms with Crippen LogP contribution in [-0.2, 0) is 11.4 Å². The van der Waals surface area contributed by atoms with Gasteiger partial charge in [0.15, 0.2) is 0 Å². The summed E-state index contributed by atoms with van der Waals surface area (Å²) in [6.45, 7) is 2.32. The second kappa shape index (κ2) is 6.21. The predicted molar refractivity (Wildman–Crippen MR) is 79.8 cm³/mol. The molecule has 0 unspecified atom stereocenters. The molecule has 0 radical (unpaired) electrons. The third-order valence-electron chi connectivity index (χ3n) is 3.09. The van der Waals surface area contributed by atoms with Gasteiger partial charge in [0.1, 0.15) is 18.6 Å². The largest absolute Gasteiger partial charge is 0.508 e. The minimum atomic E-state index is 0.265. The van der Waals surface area contributed by atoms with Crippen LogP contribution in [0.25, 0.3) is 0 Å². The minimum Gasteiger partial charge on any atom is -0.508 e. The topological polar surface area (TPSA) is 67.8 Å². The van der Waals surface area contributed by atoms with Crippen LogP contribution in [0.2, 0.25) is 0 Å². The molecule has 0 amide bonds.